The third-order valence-electron chi connectivity index (χ3n) is 4.98. The number of fused-ring (bicyclic) bond motifs is 2. The first-order chi connectivity index (χ1) is 12.7. The van der Waals surface area contributed by atoms with E-state index in [2.05, 4.69) is 60.0 Å². The maximum absolute atomic E-state index is 13.7. The highest BCUT2D eigenvalue weighted by Crippen LogP contribution is 2.32. The Hall–Kier alpha value is -2.59. The van der Waals surface area contributed by atoms with Crippen molar-refractivity contribution in [2.45, 2.75) is 25.5 Å². The van der Waals surface area contributed by atoms with Gasteiger partial charge in [-0.1, -0.05) is 48.5 Å². The summed E-state index contributed by atoms with van der Waals surface area (Å²) in [7, 11) is 0. The van der Waals surface area contributed by atoms with Crippen LogP contribution in [0.3, 0.4) is 0 Å². The van der Waals surface area contributed by atoms with E-state index in [1.165, 1.54) is 22.4 Å². The van der Waals surface area contributed by atoms with Crippen LogP contribution >= 0.6 is 0 Å². The molecule has 3 aromatic carbocycles. The Morgan fingerprint density at radius 1 is 1.12 bits per heavy atom. The van der Waals surface area contributed by atoms with E-state index >= 15 is 0 Å². The van der Waals surface area contributed by atoms with Crippen molar-refractivity contribution in [3.8, 4) is 5.75 Å². The summed E-state index contributed by atoms with van der Waals surface area (Å²) >= 11 is 0. The fraction of sp³-hybridized carbons (Fsp3) is 0.273. The molecular formula is C22H23FN2O. The summed E-state index contributed by atoms with van der Waals surface area (Å²) in [6.07, 6.45) is 0.898. The van der Waals surface area contributed by atoms with Gasteiger partial charge in [0.2, 0.25) is 0 Å². The van der Waals surface area contributed by atoms with Gasteiger partial charge in [-0.25, -0.2) is 4.39 Å². The van der Waals surface area contributed by atoms with Gasteiger partial charge in [0.15, 0.2) is 0 Å². The van der Waals surface area contributed by atoms with E-state index in [1.54, 1.807) is 6.07 Å². The molecular weight excluding hydrogens is 327 g/mol. The highest BCUT2D eigenvalue weighted by molar-refractivity contribution is 5.86. The van der Waals surface area contributed by atoms with Gasteiger partial charge in [0.25, 0.3) is 0 Å². The zero-order valence-electron chi connectivity index (χ0n) is 14.8. The van der Waals surface area contributed by atoms with Crippen molar-refractivity contribution in [2.24, 2.45) is 0 Å². The zero-order valence-corrected chi connectivity index (χ0v) is 14.8. The Balaban J connectivity index is 1.36. The van der Waals surface area contributed by atoms with Gasteiger partial charge >= 0.3 is 0 Å². The first kappa shape index (κ1) is 16.9. The topological polar surface area (TPSA) is 33.3 Å². The van der Waals surface area contributed by atoms with Gasteiger partial charge in [0.05, 0.1) is 6.54 Å². The molecule has 0 amide bonds. The number of anilines is 1. The van der Waals surface area contributed by atoms with Crippen molar-refractivity contribution >= 4 is 16.5 Å². The van der Waals surface area contributed by atoms with Crippen molar-refractivity contribution in [3.63, 3.8) is 0 Å². The molecule has 0 spiro atoms. The van der Waals surface area contributed by atoms with Gasteiger partial charge in [-0.3, -0.25) is 0 Å². The largest absolute Gasteiger partial charge is 0.486 e. The van der Waals surface area contributed by atoms with Gasteiger partial charge in [0.1, 0.15) is 23.4 Å². The van der Waals surface area contributed by atoms with Crippen LogP contribution in [-0.2, 0) is 0 Å². The number of halogens is 1. The summed E-state index contributed by atoms with van der Waals surface area (Å²) in [5.74, 6) is 0.340. The lowest BCUT2D eigenvalue weighted by molar-refractivity contribution is 0.192. The predicted molar refractivity (Wildman–Crippen MR) is 104 cm³/mol. The molecule has 1 aliphatic heterocycles. The standard InChI is InChI=1S/C22H23FN2O/c1-15(18-9-4-7-16-6-2-3-8-19(16)18)24-13-12-17-14-25-22-20(23)10-5-11-21(22)26-17/h2-11,15,17,24-25H,12-14H2,1H3/t15-,17?/m1/s1. The van der Waals surface area contributed by atoms with Gasteiger partial charge < -0.3 is 15.4 Å². The highest BCUT2D eigenvalue weighted by atomic mass is 19.1. The van der Waals surface area contributed by atoms with E-state index in [4.69, 9.17) is 4.74 Å². The van der Waals surface area contributed by atoms with Gasteiger partial charge in [-0.2, -0.15) is 0 Å². The Labute approximate surface area is 153 Å². The molecule has 0 saturated carbocycles. The molecule has 0 aliphatic carbocycles. The molecule has 0 fully saturated rings. The van der Waals surface area contributed by atoms with Crippen molar-refractivity contribution in [1.82, 2.24) is 5.32 Å². The highest BCUT2D eigenvalue weighted by Gasteiger charge is 2.21. The molecule has 26 heavy (non-hydrogen) atoms. The van der Waals surface area contributed by atoms with Crippen LogP contribution in [0.25, 0.3) is 10.8 Å². The molecule has 4 heteroatoms. The smallest absolute Gasteiger partial charge is 0.150 e. The second kappa shape index (κ2) is 7.34. The lowest BCUT2D eigenvalue weighted by atomic mass is 9.99. The molecule has 1 heterocycles. The van der Waals surface area contributed by atoms with E-state index in [-0.39, 0.29) is 18.0 Å². The SMILES string of the molecule is C[C@@H](NCCC1CNc2c(F)cccc2O1)c1cccc2ccccc12. The molecule has 0 saturated heterocycles. The van der Waals surface area contributed by atoms with E-state index in [9.17, 15) is 4.39 Å². The Bertz CT molecular complexity index is 906. The van der Waals surface area contributed by atoms with E-state index in [1.807, 2.05) is 6.07 Å². The normalized spacial score (nSPS) is 17.2. The summed E-state index contributed by atoms with van der Waals surface area (Å²) in [6.45, 7) is 3.64. The number of para-hydroxylation sites is 1. The van der Waals surface area contributed by atoms with Crippen LogP contribution in [0, 0.1) is 5.82 Å². The fourth-order valence-electron chi connectivity index (χ4n) is 3.57. The number of ether oxygens (including phenoxy) is 1. The first-order valence-corrected chi connectivity index (χ1v) is 9.12. The van der Waals surface area contributed by atoms with Crippen LogP contribution in [0.1, 0.15) is 24.9 Å². The van der Waals surface area contributed by atoms with E-state index in [0.29, 0.717) is 18.0 Å². The molecule has 1 unspecified atom stereocenters. The van der Waals surface area contributed by atoms with E-state index < -0.39 is 0 Å². The van der Waals surface area contributed by atoms with Gasteiger partial charge in [-0.15, -0.1) is 0 Å². The molecule has 2 N–H and O–H groups in total. The van der Waals surface area contributed by atoms with Crippen LogP contribution in [0.4, 0.5) is 10.1 Å². The number of benzene rings is 3. The minimum absolute atomic E-state index is 0.0384. The van der Waals surface area contributed by atoms with Crippen LogP contribution in [0.5, 0.6) is 5.75 Å². The number of nitrogens with one attached hydrogen (secondary N) is 2. The Kier molecular flexibility index (Phi) is 4.76. The average molecular weight is 350 g/mol. The zero-order chi connectivity index (χ0) is 17.9. The molecule has 134 valence electrons. The maximum Gasteiger partial charge on any atom is 0.150 e. The molecule has 0 bridgehead atoms. The summed E-state index contributed by atoms with van der Waals surface area (Å²) < 4.78 is 19.6. The lowest BCUT2D eigenvalue weighted by Crippen LogP contribution is -2.34. The fourth-order valence-corrected chi connectivity index (χ4v) is 3.57. The second-order valence-electron chi connectivity index (χ2n) is 6.77. The van der Waals surface area contributed by atoms with Crippen LogP contribution in [-0.4, -0.2) is 19.2 Å². The Morgan fingerprint density at radius 2 is 1.92 bits per heavy atom. The maximum atomic E-state index is 13.7. The third-order valence-corrected chi connectivity index (χ3v) is 4.98. The molecule has 4 rings (SSSR count). The first-order valence-electron chi connectivity index (χ1n) is 9.12. The molecule has 1 aliphatic rings. The molecule has 3 nitrogen and oxygen atoms in total. The van der Waals surface area contributed by atoms with Crippen molar-refractivity contribution in [3.05, 3.63) is 72.0 Å². The molecule has 0 radical (unpaired) electrons. The van der Waals surface area contributed by atoms with Crippen molar-refractivity contribution < 1.29 is 9.13 Å². The Morgan fingerprint density at radius 3 is 2.85 bits per heavy atom. The van der Waals surface area contributed by atoms with Crippen molar-refractivity contribution in [2.75, 3.05) is 18.4 Å². The van der Waals surface area contributed by atoms with Crippen LogP contribution < -0.4 is 15.4 Å². The third kappa shape index (κ3) is 3.37. The second-order valence-corrected chi connectivity index (χ2v) is 6.77. The molecule has 0 aromatic heterocycles. The average Bonchev–Trinajstić information content (AvgIpc) is 2.67. The minimum Gasteiger partial charge on any atom is -0.486 e. The monoisotopic (exact) mass is 350 g/mol. The lowest BCUT2D eigenvalue weighted by Gasteiger charge is -2.28. The minimum atomic E-state index is -0.261. The predicted octanol–water partition coefficient (Wildman–Crippen LogP) is 4.89. The summed E-state index contributed by atoms with van der Waals surface area (Å²) in [5, 5.41) is 9.29. The quantitative estimate of drug-likeness (QED) is 0.687. The van der Waals surface area contributed by atoms with Crippen LogP contribution in [0.15, 0.2) is 60.7 Å². The van der Waals surface area contributed by atoms with E-state index in [0.717, 1.165) is 13.0 Å². The number of hydrogen-bond donors (Lipinski definition) is 2. The van der Waals surface area contributed by atoms with Gasteiger partial charge in [-0.05, 0) is 48.4 Å². The van der Waals surface area contributed by atoms with Gasteiger partial charge in [0, 0.05) is 6.04 Å². The number of rotatable bonds is 5. The summed E-state index contributed by atoms with van der Waals surface area (Å²) in [6, 6.07) is 20.1. The molecule has 2 atom stereocenters. The molecule has 3 aromatic rings. The summed E-state index contributed by atoms with van der Waals surface area (Å²) in [5.41, 5.74) is 1.78. The van der Waals surface area contributed by atoms with Crippen molar-refractivity contribution in [1.29, 1.82) is 0 Å². The van der Waals surface area contributed by atoms with Crippen LogP contribution in [0.2, 0.25) is 0 Å². The number of hydrogen-bond acceptors (Lipinski definition) is 3. The summed E-state index contributed by atoms with van der Waals surface area (Å²) in [4.78, 5) is 0.